The van der Waals surface area contributed by atoms with Crippen LogP contribution >= 0.6 is 0 Å². The zero-order valence-electron chi connectivity index (χ0n) is 11.8. The van der Waals surface area contributed by atoms with E-state index in [1.807, 2.05) is 18.2 Å². The highest BCUT2D eigenvalue weighted by Crippen LogP contribution is 2.19. The molecule has 1 aromatic carbocycles. The van der Waals surface area contributed by atoms with Crippen LogP contribution < -0.4 is 0 Å². The lowest BCUT2D eigenvalue weighted by Gasteiger charge is -2.20. The molecule has 0 fully saturated rings. The summed E-state index contributed by atoms with van der Waals surface area (Å²) in [6.07, 6.45) is 1.80. The van der Waals surface area contributed by atoms with E-state index in [1.54, 1.807) is 31.1 Å². The maximum atomic E-state index is 12.5. The lowest BCUT2D eigenvalue weighted by Crippen LogP contribution is -2.34. The van der Waals surface area contributed by atoms with E-state index in [9.17, 15) is 9.59 Å². The number of esters is 1. The number of amides is 1. The maximum Gasteiger partial charge on any atom is 0.310 e. The van der Waals surface area contributed by atoms with Crippen LogP contribution in [-0.2, 0) is 9.53 Å². The van der Waals surface area contributed by atoms with Crippen molar-refractivity contribution in [1.29, 1.82) is 0 Å². The lowest BCUT2D eigenvalue weighted by atomic mass is 10.1. The van der Waals surface area contributed by atoms with Crippen molar-refractivity contribution in [2.75, 3.05) is 20.7 Å². The molecule has 0 bridgehead atoms. The van der Waals surface area contributed by atoms with Gasteiger partial charge in [0.15, 0.2) is 0 Å². The summed E-state index contributed by atoms with van der Waals surface area (Å²) in [6.45, 7) is 2.07. The third-order valence-electron chi connectivity index (χ3n) is 3.32. The van der Waals surface area contributed by atoms with Crippen molar-refractivity contribution in [3.8, 4) is 0 Å². The topological polar surface area (TPSA) is 62.4 Å². The minimum atomic E-state index is -0.348. The molecule has 0 saturated heterocycles. The van der Waals surface area contributed by atoms with E-state index >= 15 is 0 Å². The fourth-order valence-corrected chi connectivity index (χ4v) is 2.25. The number of benzene rings is 1. The van der Waals surface area contributed by atoms with Gasteiger partial charge in [-0.25, -0.2) is 0 Å². The average Bonchev–Trinajstić information content (AvgIpc) is 2.93. The van der Waals surface area contributed by atoms with Crippen molar-refractivity contribution in [3.63, 3.8) is 0 Å². The lowest BCUT2D eigenvalue weighted by molar-refractivity contribution is -0.145. The van der Waals surface area contributed by atoms with E-state index in [-0.39, 0.29) is 17.8 Å². The van der Waals surface area contributed by atoms with Crippen LogP contribution in [0.25, 0.3) is 10.9 Å². The van der Waals surface area contributed by atoms with Crippen molar-refractivity contribution in [2.45, 2.75) is 6.92 Å². The Labute approximate surface area is 117 Å². The van der Waals surface area contributed by atoms with Crippen LogP contribution in [-0.4, -0.2) is 42.5 Å². The third kappa shape index (κ3) is 2.66. The Balaban J connectivity index is 2.18. The first-order chi connectivity index (χ1) is 9.54. The molecular formula is C15H18N2O3. The van der Waals surface area contributed by atoms with Crippen LogP contribution in [0.1, 0.15) is 17.3 Å². The Morgan fingerprint density at radius 2 is 2.10 bits per heavy atom. The van der Waals surface area contributed by atoms with Crippen molar-refractivity contribution in [2.24, 2.45) is 5.92 Å². The number of H-pyrrole nitrogens is 1. The Morgan fingerprint density at radius 3 is 2.80 bits per heavy atom. The molecule has 1 aromatic heterocycles. The SMILES string of the molecule is COC(=O)C(C)CN(C)C(=O)c1cccc2[nH]ccc12. The van der Waals surface area contributed by atoms with Gasteiger partial charge in [-0.1, -0.05) is 13.0 Å². The van der Waals surface area contributed by atoms with Gasteiger partial charge >= 0.3 is 5.97 Å². The number of carbonyl (C=O) groups excluding carboxylic acids is 2. The Morgan fingerprint density at radius 1 is 1.35 bits per heavy atom. The van der Waals surface area contributed by atoms with E-state index in [1.165, 1.54) is 7.11 Å². The van der Waals surface area contributed by atoms with E-state index < -0.39 is 0 Å². The zero-order valence-corrected chi connectivity index (χ0v) is 11.8. The molecule has 20 heavy (non-hydrogen) atoms. The minimum absolute atomic E-state index is 0.106. The van der Waals surface area contributed by atoms with Crippen molar-refractivity contribution < 1.29 is 14.3 Å². The quantitative estimate of drug-likeness (QED) is 0.868. The molecular weight excluding hydrogens is 256 g/mol. The zero-order chi connectivity index (χ0) is 14.7. The van der Waals surface area contributed by atoms with Crippen molar-refractivity contribution >= 4 is 22.8 Å². The molecule has 0 spiro atoms. The highest BCUT2D eigenvalue weighted by atomic mass is 16.5. The number of aromatic amines is 1. The molecule has 5 nitrogen and oxygen atoms in total. The van der Waals surface area contributed by atoms with Crippen LogP contribution in [0.2, 0.25) is 0 Å². The summed E-state index contributed by atoms with van der Waals surface area (Å²) < 4.78 is 4.67. The number of aromatic nitrogens is 1. The van der Waals surface area contributed by atoms with Gasteiger partial charge in [-0.15, -0.1) is 0 Å². The summed E-state index contributed by atoms with van der Waals surface area (Å²) >= 11 is 0. The van der Waals surface area contributed by atoms with Crippen LogP contribution in [0, 0.1) is 5.92 Å². The van der Waals surface area contributed by atoms with E-state index in [4.69, 9.17) is 0 Å². The standard InChI is InChI=1S/C15H18N2O3/c1-10(15(19)20-3)9-17(2)14(18)12-5-4-6-13-11(12)7-8-16-13/h4-8,10,16H,9H2,1-3H3. The van der Waals surface area contributed by atoms with Gasteiger partial charge in [0.25, 0.3) is 5.91 Å². The van der Waals surface area contributed by atoms with Crippen LogP contribution in [0.3, 0.4) is 0 Å². The smallest absolute Gasteiger partial charge is 0.310 e. The molecule has 5 heteroatoms. The second-order valence-electron chi connectivity index (χ2n) is 4.85. The van der Waals surface area contributed by atoms with Crippen LogP contribution in [0.5, 0.6) is 0 Å². The molecule has 0 saturated carbocycles. The Kier molecular flexibility index (Phi) is 4.08. The van der Waals surface area contributed by atoms with Crippen LogP contribution in [0.15, 0.2) is 30.5 Å². The third-order valence-corrected chi connectivity index (χ3v) is 3.32. The Hall–Kier alpha value is -2.30. The summed E-state index contributed by atoms with van der Waals surface area (Å²) in [5.41, 5.74) is 1.55. The van der Waals surface area contributed by atoms with Gasteiger partial charge in [0.1, 0.15) is 0 Å². The van der Waals surface area contributed by atoms with E-state index in [0.29, 0.717) is 12.1 Å². The molecule has 1 amide bonds. The van der Waals surface area contributed by atoms with Crippen molar-refractivity contribution in [1.82, 2.24) is 9.88 Å². The number of nitrogens with one attached hydrogen (secondary N) is 1. The molecule has 1 unspecified atom stereocenters. The van der Waals surface area contributed by atoms with Gasteiger partial charge in [0.05, 0.1) is 13.0 Å². The predicted molar refractivity (Wildman–Crippen MR) is 76.4 cm³/mol. The normalized spacial score (nSPS) is 12.2. The predicted octanol–water partition coefficient (Wildman–Crippen LogP) is 2.05. The Bertz CT molecular complexity index is 633. The van der Waals surface area contributed by atoms with Crippen molar-refractivity contribution in [3.05, 3.63) is 36.0 Å². The van der Waals surface area contributed by atoms with Gasteiger partial charge in [-0.2, -0.15) is 0 Å². The molecule has 2 rings (SSSR count). The van der Waals surface area contributed by atoms with Gasteiger partial charge in [0, 0.05) is 36.3 Å². The number of hydrogen-bond donors (Lipinski definition) is 1. The van der Waals surface area contributed by atoms with Gasteiger partial charge in [-0.3, -0.25) is 9.59 Å². The number of nitrogens with zero attached hydrogens (tertiary/aromatic N) is 1. The minimum Gasteiger partial charge on any atom is -0.469 e. The van der Waals surface area contributed by atoms with Gasteiger partial charge in [0.2, 0.25) is 0 Å². The summed E-state index contributed by atoms with van der Waals surface area (Å²) in [5, 5.41) is 0.884. The first-order valence-corrected chi connectivity index (χ1v) is 6.44. The second kappa shape index (κ2) is 5.77. The van der Waals surface area contributed by atoms with Gasteiger partial charge < -0.3 is 14.6 Å². The molecule has 0 aliphatic carbocycles. The maximum absolute atomic E-state index is 12.5. The summed E-state index contributed by atoms with van der Waals surface area (Å²) in [6, 6.07) is 7.42. The molecule has 2 aromatic rings. The number of rotatable bonds is 4. The molecule has 0 radical (unpaired) electrons. The van der Waals surface area contributed by atoms with E-state index in [2.05, 4.69) is 9.72 Å². The fraction of sp³-hybridized carbons (Fsp3) is 0.333. The molecule has 0 aliphatic rings. The number of hydrogen-bond acceptors (Lipinski definition) is 3. The largest absolute Gasteiger partial charge is 0.469 e. The number of ether oxygens (including phenoxy) is 1. The summed E-state index contributed by atoms with van der Waals surface area (Å²) in [7, 11) is 3.04. The number of methoxy groups -OCH3 is 1. The first-order valence-electron chi connectivity index (χ1n) is 6.44. The van der Waals surface area contributed by atoms with Crippen LogP contribution in [0.4, 0.5) is 0 Å². The monoisotopic (exact) mass is 274 g/mol. The highest BCUT2D eigenvalue weighted by molar-refractivity contribution is 6.06. The van der Waals surface area contributed by atoms with Gasteiger partial charge in [-0.05, 0) is 18.2 Å². The summed E-state index contributed by atoms with van der Waals surface area (Å²) in [5.74, 6) is -0.769. The molecule has 0 aliphatic heterocycles. The summed E-state index contributed by atoms with van der Waals surface area (Å²) in [4.78, 5) is 28.5. The molecule has 1 N–H and O–H groups in total. The molecule has 106 valence electrons. The molecule has 1 atom stereocenters. The number of fused-ring (bicyclic) bond motifs is 1. The average molecular weight is 274 g/mol. The van der Waals surface area contributed by atoms with E-state index in [0.717, 1.165) is 10.9 Å². The first kappa shape index (κ1) is 14.1. The second-order valence-corrected chi connectivity index (χ2v) is 4.85. The fourth-order valence-electron chi connectivity index (χ4n) is 2.25. The number of carbonyl (C=O) groups is 2. The highest BCUT2D eigenvalue weighted by Gasteiger charge is 2.20. The molecule has 1 heterocycles.